The van der Waals surface area contributed by atoms with Gasteiger partial charge in [0.25, 0.3) is 0 Å². The van der Waals surface area contributed by atoms with Gasteiger partial charge in [-0.15, -0.1) is 0 Å². The largest absolute Gasteiger partial charge is 0.480 e. The molecule has 0 amide bonds. The third-order valence-electron chi connectivity index (χ3n) is 2.95. The normalized spacial score (nSPS) is 23.4. The SMILES string of the molecule is COCCOCCOCCC1CCC(C(=O)O)N1. The number of carbonyl (C=O) groups is 1. The number of ether oxygens (including phenoxy) is 3. The highest BCUT2D eigenvalue weighted by Gasteiger charge is 2.28. The van der Waals surface area contributed by atoms with Crippen molar-refractivity contribution >= 4 is 5.97 Å². The minimum atomic E-state index is -0.759. The Morgan fingerprint density at radius 3 is 2.44 bits per heavy atom. The number of nitrogens with one attached hydrogen (secondary N) is 1. The van der Waals surface area contributed by atoms with E-state index in [9.17, 15) is 4.79 Å². The van der Waals surface area contributed by atoms with Gasteiger partial charge in [0.05, 0.1) is 26.4 Å². The van der Waals surface area contributed by atoms with Crippen LogP contribution in [0.15, 0.2) is 0 Å². The van der Waals surface area contributed by atoms with Crippen LogP contribution in [0.5, 0.6) is 0 Å². The lowest BCUT2D eigenvalue weighted by molar-refractivity contribution is -0.139. The molecule has 0 aliphatic carbocycles. The summed E-state index contributed by atoms with van der Waals surface area (Å²) in [5, 5.41) is 11.9. The molecule has 1 fully saturated rings. The number of hydrogen-bond acceptors (Lipinski definition) is 5. The average molecular weight is 261 g/mol. The van der Waals surface area contributed by atoms with Crippen LogP contribution >= 0.6 is 0 Å². The maximum atomic E-state index is 10.7. The number of carboxylic acid groups (broad SMARTS) is 1. The highest BCUT2D eigenvalue weighted by molar-refractivity contribution is 5.73. The Balaban J connectivity index is 1.88. The van der Waals surface area contributed by atoms with Crippen molar-refractivity contribution in [2.75, 3.05) is 40.1 Å². The molecule has 6 nitrogen and oxygen atoms in total. The monoisotopic (exact) mass is 261 g/mol. The van der Waals surface area contributed by atoms with E-state index < -0.39 is 5.97 Å². The Labute approximate surface area is 108 Å². The smallest absolute Gasteiger partial charge is 0.320 e. The lowest BCUT2D eigenvalue weighted by Gasteiger charge is -2.12. The van der Waals surface area contributed by atoms with E-state index >= 15 is 0 Å². The van der Waals surface area contributed by atoms with Crippen molar-refractivity contribution in [3.8, 4) is 0 Å². The summed E-state index contributed by atoms with van der Waals surface area (Å²) in [4.78, 5) is 10.7. The van der Waals surface area contributed by atoms with Crippen LogP contribution in [-0.4, -0.2) is 63.3 Å². The Bertz CT molecular complexity index is 237. The van der Waals surface area contributed by atoms with Crippen LogP contribution < -0.4 is 5.32 Å². The topological polar surface area (TPSA) is 77.0 Å². The molecule has 2 unspecified atom stereocenters. The van der Waals surface area contributed by atoms with Crippen LogP contribution in [0.4, 0.5) is 0 Å². The summed E-state index contributed by atoms with van der Waals surface area (Å²) in [6.07, 6.45) is 2.46. The Kier molecular flexibility index (Phi) is 7.91. The van der Waals surface area contributed by atoms with E-state index in [1.165, 1.54) is 0 Å². The number of aliphatic carboxylic acids is 1. The molecule has 1 rings (SSSR count). The minimum Gasteiger partial charge on any atom is -0.480 e. The summed E-state index contributed by atoms with van der Waals surface area (Å²) in [7, 11) is 1.64. The zero-order valence-electron chi connectivity index (χ0n) is 10.9. The first-order chi connectivity index (χ1) is 8.74. The number of rotatable bonds is 10. The molecule has 0 aromatic rings. The van der Waals surface area contributed by atoms with Crippen LogP contribution in [0, 0.1) is 0 Å². The molecular weight excluding hydrogens is 238 g/mol. The molecule has 18 heavy (non-hydrogen) atoms. The lowest BCUT2D eigenvalue weighted by Crippen LogP contribution is -2.35. The molecule has 2 atom stereocenters. The number of methoxy groups -OCH3 is 1. The van der Waals surface area contributed by atoms with Gasteiger partial charge >= 0.3 is 5.97 Å². The van der Waals surface area contributed by atoms with Gasteiger partial charge in [0, 0.05) is 19.8 Å². The molecule has 0 saturated carbocycles. The first kappa shape index (κ1) is 15.4. The molecule has 1 aliphatic rings. The molecule has 0 bridgehead atoms. The van der Waals surface area contributed by atoms with Crippen molar-refractivity contribution in [3.05, 3.63) is 0 Å². The molecule has 0 aromatic heterocycles. The third-order valence-corrected chi connectivity index (χ3v) is 2.95. The van der Waals surface area contributed by atoms with Gasteiger partial charge in [0.15, 0.2) is 0 Å². The predicted molar refractivity (Wildman–Crippen MR) is 65.7 cm³/mol. The van der Waals surface area contributed by atoms with Crippen LogP contribution in [-0.2, 0) is 19.0 Å². The maximum Gasteiger partial charge on any atom is 0.320 e. The van der Waals surface area contributed by atoms with Crippen molar-refractivity contribution < 1.29 is 24.1 Å². The molecule has 6 heteroatoms. The van der Waals surface area contributed by atoms with Crippen LogP contribution in [0.25, 0.3) is 0 Å². The van der Waals surface area contributed by atoms with Gasteiger partial charge in [0.2, 0.25) is 0 Å². The fourth-order valence-electron chi connectivity index (χ4n) is 1.93. The number of hydrogen-bond donors (Lipinski definition) is 2. The minimum absolute atomic E-state index is 0.264. The van der Waals surface area contributed by atoms with E-state index in [1.807, 2.05) is 0 Å². The van der Waals surface area contributed by atoms with Crippen molar-refractivity contribution in [1.29, 1.82) is 0 Å². The first-order valence-corrected chi connectivity index (χ1v) is 6.37. The second kappa shape index (κ2) is 9.27. The zero-order valence-corrected chi connectivity index (χ0v) is 10.9. The van der Waals surface area contributed by atoms with Gasteiger partial charge in [-0.3, -0.25) is 4.79 Å². The van der Waals surface area contributed by atoms with Gasteiger partial charge in [-0.2, -0.15) is 0 Å². The van der Waals surface area contributed by atoms with Crippen LogP contribution in [0.3, 0.4) is 0 Å². The summed E-state index contributed by atoms with van der Waals surface area (Å²) >= 11 is 0. The van der Waals surface area contributed by atoms with E-state index in [1.54, 1.807) is 7.11 Å². The summed E-state index contributed by atoms with van der Waals surface area (Å²) in [5.74, 6) is -0.759. The zero-order chi connectivity index (χ0) is 13.2. The molecule has 106 valence electrons. The fraction of sp³-hybridized carbons (Fsp3) is 0.917. The van der Waals surface area contributed by atoms with E-state index in [-0.39, 0.29) is 12.1 Å². The fourth-order valence-corrected chi connectivity index (χ4v) is 1.93. The molecule has 1 heterocycles. The van der Waals surface area contributed by atoms with E-state index in [2.05, 4.69) is 5.32 Å². The molecule has 2 N–H and O–H groups in total. The molecular formula is C12H23NO5. The molecule has 1 aliphatic heterocycles. The van der Waals surface area contributed by atoms with E-state index in [0.717, 1.165) is 12.8 Å². The second-order valence-electron chi connectivity index (χ2n) is 4.34. The summed E-state index contributed by atoms with van der Waals surface area (Å²) in [6, 6.07) is -0.118. The van der Waals surface area contributed by atoms with Gasteiger partial charge in [-0.1, -0.05) is 0 Å². The van der Waals surface area contributed by atoms with Crippen molar-refractivity contribution in [2.45, 2.75) is 31.3 Å². The molecule has 1 saturated heterocycles. The summed E-state index contributed by atoms with van der Waals surface area (Å²) in [5.41, 5.74) is 0. The standard InChI is InChI=1S/C12H23NO5/c1-16-6-7-18-9-8-17-5-4-10-2-3-11(13-10)12(14)15/h10-11,13H,2-9H2,1H3,(H,14,15). The lowest BCUT2D eigenvalue weighted by atomic mass is 10.1. The quantitative estimate of drug-likeness (QED) is 0.549. The van der Waals surface area contributed by atoms with Crippen molar-refractivity contribution in [2.24, 2.45) is 0 Å². The van der Waals surface area contributed by atoms with Crippen molar-refractivity contribution in [3.63, 3.8) is 0 Å². The van der Waals surface area contributed by atoms with Gasteiger partial charge in [0.1, 0.15) is 6.04 Å². The van der Waals surface area contributed by atoms with E-state index in [0.29, 0.717) is 39.5 Å². The van der Waals surface area contributed by atoms with Crippen molar-refractivity contribution in [1.82, 2.24) is 5.32 Å². The highest BCUT2D eigenvalue weighted by atomic mass is 16.5. The molecule has 0 radical (unpaired) electrons. The van der Waals surface area contributed by atoms with E-state index in [4.69, 9.17) is 19.3 Å². The van der Waals surface area contributed by atoms with Crippen LogP contribution in [0.2, 0.25) is 0 Å². The second-order valence-corrected chi connectivity index (χ2v) is 4.34. The summed E-state index contributed by atoms with van der Waals surface area (Å²) in [6.45, 7) is 2.96. The Morgan fingerprint density at radius 1 is 1.17 bits per heavy atom. The van der Waals surface area contributed by atoms with Crippen LogP contribution in [0.1, 0.15) is 19.3 Å². The van der Waals surface area contributed by atoms with Gasteiger partial charge in [-0.25, -0.2) is 0 Å². The number of carboxylic acids is 1. The molecule has 0 spiro atoms. The van der Waals surface area contributed by atoms with Gasteiger partial charge in [-0.05, 0) is 19.3 Å². The highest BCUT2D eigenvalue weighted by Crippen LogP contribution is 2.15. The maximum absolute atomic E-state index is 10.7. The Morgan fingerprint density at radius 2 is 1.83 bits per heavy atom. The first-order valence-electron chi connectivity index (χ1n) is 6.37. The summed E-state index contributed by atoms with van der Waals surface area (Å²) < 4.78 is 15.5. The Hall–Kier alpha value is -0.690. The average Bonchev–Trinajstić information content (AvgIpc) is 2.81. The van der Waals surface area contributed by atoms with Gasteiger partial charge < -0.3 is 24.6 Å². The molecule has 0 aromatic carbocycles. The third kappa shape index (κ3) is 6.30. The predicted octanol–water partition coefficient (Wildman–Crippen LogP) is 0.261.